The third-order valence-corrected chi connectivity index (χ3v) is 1.42. The van der Waals surface area contributed by atoms with E-state index >= 15 is 0 Å². The molecule has 0 aliphatic carbocycles. The molecule has 0 aromatic heterocycles. The number of nitrogens with two attached hydrogens (primary N) is 1. The standard InChI is InChI=1S/C9H10O.CH5N/c1-2-9(10)8-6-4-3-5-7-8;1-2/h3-7H,2H2,1H3;2H2,1H3. The molecule has 0 heterocycles. The molecule has 0 bridgehead atoms. The van der Waals surface area contributed by atoms with Crippen LogP contribution >= 0.6 is 0 Å². The molecule has 12 heavy (non-hydrogen) atoms. The summed E-state index contributed by atoms with van der Waals surface area (Å²) >= 11 is 0. The number of benzene rings is 1. The second-order valence-electron chi connectivity index (χ2n) is 2.14. The van der Waals surface area contributed by atoms with Crippen molar-refractivity contribution in [2.24, 2.45) is 5.73 Å². The third kappa shape index (κ3) is 3.30. The van der Waals surface area contributed by atoms with Crippen LogP contribution < -0.4 is 5.73 Å². The lowest BCUT2D eigenvalue weighted by atomic mass is 10.1. The summed E-state index contributed by atoms with van der Waals surface area (Å²) in [6.45, 7) is 1.87. The Labute approximate surface area is 73.4 Å². The van der Waals surface area contributed by atoms with Crippen LogP contribution in [0.1, 0.15) is 23.7 Å². The van der Waals surface area contributed by atoms with Crippen molar-refractivity contribution in [2.45, 2.75) is 13.3 Å². The van der Waals surface area contributed by atoms with E-state index in [9.17, 15) is 4.79 Å². The van der Waals surface area contributed by atoms with Gasteiger partial charge in [0.2, 0.25) is 0 Å². The Kier molecular flexibility index (Phi) is 5.93. The van der Waals surface area contributed by atoms with E-state index in [1.807, 2.05) is 37.3 Å². The molecule has 1 aromatic rings. The summed E-state index contributed by atoms with van der Waals surface area (Å²) in [6, 6.07) is 9.34. The number of carbonyl (C=O) groups is 1. The van der Waals surface area contributed by atoms with Crippen LogP contribution in [-0.4, -0.2) is 12.8 Å². The molecular formula is C10H15NO. The molecule has 0 unspecified atom stereocenters. The molecule has 0 aliphatic heterocycles. The van der Waals surface area contributed by atoms with Crippen LogP contribution in [0.4, 0.5) is 0 Å². The summed E-state index contributed by atoms with van der Waals surface area (Å²) in [7, 11) is 1.50. The molecule has 0 spiro atoms. The Morgan fingerprint density at radius 2 is 1.75 bits per heavy atom. The second-order valence-corrected chi connectivity index (χ2v) is 2.14. The number of hydrogen-bond donors (Lipinski definition) is 1. The third-order valence-electron chi connectivity index (χ3n) is 1.42. The van der Waals surface area contributed by atoms with Crippen LogP contribution in [0.15, 0.2) is 30.3 Å². The van der Waals surface area contributed by atoms with E-state index in [2.05, 4.69) is 5.73 Å². The van der Waals surface area contributed by atoms with Crippen LogP contribution in [0.3, 0.4) is 0 Å². The number of Topliss-reactive ketones (excluding diaryl/α,β-unsaturated/α-hetero) is 1. The maximum absolute atomic E-state index is 11.0. The van der Waals surface area contributed by atoms with Crippen LogP contribution in [0.25, 0.3) is 0 Å². The largest absolute Gasteiger partial charge is 0.333 e. The molecule has 1 aromatic carbocycles. The highest BCUT2D eigenvalue weighted by Gasteiger charge is 1.98. The Hall–Kier alpha value is -1.15. The molecular weight excluding hydrogens is 150 g/mol. The van der Waals surface area contributed by atoms with E-state index < -0.39 is 0 Å². The lowest BCUT2D eigenvalue weighted by Gasteiger charge is -1.93. The smallest absolute Gasteiger partial charge is 0.162 e. The molecule has 2 nitrogen and oxygen atoms in total. The van der Waals surface area contributed by atoms with Crippen molar-refractivity contribution in [3.8, 4) is 0 Å². The zero-order valence-corrected chi connectivity index (χ0v) is 7.58. The first-order valence-corrected chi connectivity index (χ1v) is 4.00. The highest BCUT2D eigenvalue weighted by atomic mass is 16.1. The highest BCUT2D eigenvalue weighted by Crippen LogP contribution is 2.01. The Bertz CT molecular complexity index is 219. The molecule has 0 fully saturated rings. The molecule has 0 radical (unpaired) electrons. The zero-order chi connectivity index (χ0) is 9.40. The SMILES string of the molecule is CCC(=O)c1ccccc1.CN. The molecule has 0 aliphatic rings. The zero-order valence-electron chi connectivity index (χ0n) is 7.58. The molecule has 0 saturated carbocycles. The lowest BCUT2D eigenvalue weighted by molar-refractivity contribution is 0.0988. The van der Waals surface area contributed by atoms with Crippen molar-refractivity contribution >= 4 is 5.78 Å². The predicted octanol–water partition coefficient (Wildman–Crippen LogP) is 1.85. The van der Waals surface area contributed by atoms with Gasteiger partial charge in [0.25, 0.3) is 0 Å². The van der Waals surface area contributed by atoms with Gasteiger partial charge >= 0.3 is 0 Å². The van der Waals surface area contributed by atoms with E-state index in [-0.39, 0.29) is 5.78 Å². The average Bonchev–Trinajstić information content (AvgIpc) is 2.21. The van der Waals surface area contributed by atoms with Crippen LogP contribution in [0, 0.1) is 0 Å². The predicted molar refractivity (Wildman–Crippen MR) is 51.2 cm³/mol. The molecule has 0 amide bonds. The summed E-state index contributed by atoms with van der Waals surface area (Å²) in [5, 5.41) is 0. The topological polar surface area (TPSA) is 43.1 Å². The van der Waals surface area contributed by atoms with Gasteiger partial charge in [0.1, 0.15) is 0 Å². The molecule has 0 saturated heterocycles. The molecule has 2 heteroatoms. The molecule has 0 atom stereocenters. The van der Waals surface area contributed by atoms with Crippen molar-refractivity contribution in [3.05, 3.63) is 35.9 Å². The van der Waals surface area contributed by atoms with Gasteiger partial charge in [0.05, 0.1) is 0 Å². The van der Waals surface area contributed by atoms with Crippen LogP contribution in [0.5, 0.6) is 0 Å². The van der Waals surface area contributed by atoms with Gasteiger partial charge in [-0.1, -0.05) is 37.3 Å². The van der Waals surface area contributed by atoms with Crippen molar-refractivity contribution in [2.75, 3.05) is 7.05 Å². The minimum Gasteiger partial charge on any atom is -0.333 e. The molecule has 2 N–H and O–H groups in total. The second kappa shape index (κ2) is 6.55. The van der Waals surface area contributed by atoms with Crippen molar-refractivity contribution in [3.63, 3.8) is 0 Å². The normalized spacial score (nSPS) is 8.25. The average molecular weight is 165 g/mol. The first-order chi connectivity index (χ1) is 5.84. The lowest BCUT2D eigenvalue weighted by Crippen LogP contribution is -1.94. The summed E-state index contributed by atoms with van der Waals surface area (Å²) in [5.74, 6) is 0.209. The van der Waals surface area contributed by atoms with E-state index in [0.29, 0.717) is 6.42 Å². The fourth-order valence-corrected chi connectivity index (χ4v) is 0.828. The highest BCUT2D eigenvalue weighted by molar-refractivity contribution is 5.95. The first kappa shape index (κ1) is 10.8. The van der Waals surface area contributed by atoms with Gasteiger partial charge in [-0.25, -0.2) is 0 Å². The van der Waals surface area contributed by atoms with Crippen molar-refractivity contribution in [1.82, 2.24) is 0 Å². The fraction of sp³-hybridized carbons (Fsp3) is 0.300. The van der Waals surface area contributed by atoms with Gasteiger partial charge in [-0.05, 0) is 7.05 Å². The van der Waals surface area contributed by atoms with E-state index in [4.69, 9.17) is 0 Å². The maximum atomic E-state index is 11.0. The summed E-state index contributed by atoms with van der Waals surface area (Å²) < 4.78 is 0. The number of rotatable bonds is 2. The summed E-state index contributed by atoms with van der Waals surface area (Å²) in [5.41, 5.74) is 5.31. The Morgan fingerprint density at radius 1 is 1.25 bits per heavy atom. The first-order valence-electron chi connectivity index (χ1n) is 4.00. The van der Waals surface area contributed by atoms with Crippen LogP contribution in [0.2, 0.25) is 0 Å². The number of hydrogen-bond acceptors (Lipinski definition) is 2. The van der Waals surface area contributed by atoms with E-state index in [0.717, 1.165) is 5.56 Å². The van der Waals surface area contributed by atoms with Crippen LogP contribution in [-0.2, 0) is 0 Å². The van der Waals surface area contributed by atoms with Gasteiger partial charge in [-0.15, -0.1) is 0 Å². The molecule has 1 rings (SSSR count). The van der Waals surface area contributed by atoms with Gasteiger partial charge in [-0.2, -0.15) is 0 Å². The summed E-state index contributed by atoms with van der Waals surface area (Å²) in [4.78, 5) is 11.0. The molecule has 66 valence electrons. The number of ketones is 1. The van der Waals surface area contributed by atoms with Gasteiger partial charge in [-0.3, -0.25) is 4.79 Å². The van der Waals surface area contributed by atoms with Gasteiger partial charge in [0, 0.05) is 12.0 Å². The summed E-state index contributed by atoms with van der Waals surface area (Å²) in [6.07, 6.45) is 0.587. The van der Waals surface area contributed by atoms with Gasteiger partial charge in [0.15, 0.2) is 5.78 Å². The Morgan fingerprint density at radius 3 is 2.17 bits per heavy atom. The minimum atomic E-state index is 0.209. The van der Waals surface area contributed by atoms with Crippen molar-refractivity contribution in [1.29, 1.82) is 0 Å². The van der Waals surface area contributed by atoms with E-state index in [1.165, 1.54) is 7.05 Å². The monoisotopic (exact) mass is 165 g/mol. The van der Waals surface area contributed by atoms with Crippen molar-refractivity contribution < 1.29 is 4.79 Å². The van der Waals surface area contributed by atoms with E-state index in [1.54, 1.807) is 0 Å². The Balaban J connectivity index is 0.000000561. The van der Waals surface area contributed by atoms with Gasteiger partial charge < -0.3 is 5.73 Å². The fourth-order valence-electron chi connectivity index (χ4n) is 0.828. The minimum absolute atomic E-state index is 0.209. The quantitative estimate of drug-likeness (QED) is 0.680. The maximum Gasteiger partial charge on any atom is 0.162 e. The number of carbonyl (C=O) groups excluding carboxylic acids is 1.